The van der Waals surface area contributed by atoms with E-state index in [1.807, 2.05) is 39.0 Å². The molecule has 0 aliphatic carbocycles. The second kappa shape index (κ2) is 16.8. The molecule has 0 unspecified atom stereocenters. The topological polar surface area (TPSA) is 41.2 Å². The van der Waals surface area contributed by atoms with Gasteiger partial charge in [0.2, 0.25) is 0 Å². The zero-order valence-corrected chi connectivity index (χ0v) is 33.3. The number of aryl methyl sites for hydroxylation is 1. The SMILES string of the molecule is CCC(CC)C(=O)/C=C(\O)C(CC)CC.[CH2-][n+]1c(-c2[c-]c(C)cc3c2sc2ccccc23)cc(-c2ccccc2)c2c3ccccc3ccc21.[Ir]. The first-order chi connectivity index (χ1) is 24.3. The molecule has 0 saturated carbocycles. The molecule has 263 valence electrons. The van der Waals surface area contributed by atoms with E-state index < -0.39 is 0 Å². The van der Waals surface area contributed by atoms with Crippen molar-refractivity contribution in [3.63, 3.8) is 0 Å². The quantitative estimate of drug-likeness (QED) is 0.0516. The molecule has 1 radical (unpaired) electrons. The summed E-state index contributed by atoms with van der Waals surface area (Å²) in [5.41, 5.74) is 6.86. The molecule has 0 spiro atoms. The molecule has 2 heterocycles. The minimum absolute atomic E-state index is 0. The summed E-state index contributed by atoms with van der Waals surface area (Å²) in [5, 5.41) is 16.1. The summed E-state index contributed by atoms with van der Waals surface area (Å²) >= 11 is 1.84. The smallest absolute Gasteiger partial charge is 0.162 e. The van der Waals surface area contributed by atoms with Gasteiger partial charge in [0.25, 0.3) is 0 Å². The molecule has 5 heteroatoms. The van der Waals surface area contributed by atoms with E-state index in [2.05, 4.69) is 128 Å². The number of carbonyl (C=O) groups excluding carboxylic acids is 1. The van der Waals surface area contributed by atoms with Gasteiger partial charge in [0.1, 0.15) is 11.2 Å². The number of hydrogen-bond acceptors (Lipinski definition) is 3. The van der Waals surface area contributed by atoms with E-state index >= 15 is 0 Å². The Bertz CT molecular complexity index is 2330. The molecule has 2 aromatic heterocycles. The summed E-state index contributed by atoms with van der Waals surface area (Å²) in [5.74, 6) is 0.547. The van der Waals surface area contributed by atoms with Crippen LogP contribution in [0.25, 0.3) is 64.2 Å². The number of aliphatic hydroxyl groups is 1. The Morgan fingerprint density at radius 2 is 1.43 bits per heavy atom. The van der Waals surface area contributed by atoms with Crippen molar-refractivity contribution in [2.24, 2.45) is 11.8 Å². The Labute approximate surface area is 320 Å². The van der Waals surface area contributed by atoms with E-state index in [-0.39, 0.29) is 43.5 Å². The summed E-state index contributed by atoms with van der Waals surface area (Å²) in [6.45, 7) is 10.2. The van der Waals surface area contributed by atoms with Crippen LogP contribution in [0.5, 0.6) is 0 Å². The van der Waals surface area contributed by atoms with Gasteiger partial charge in [-0.2, -0.15) is 11.3 Å². The van der Waals surface area contributed by atoms with Crippen LogP contribution in [0.4, 0.5) is 0 Å². The molecule has 7 rings (SSSR count). The number of carbonyl (C=O) groups is 1. The van der Waals surface area contributed by atoms with Crippen LogP contribution in [-0.4, -0.2) is 10.9 Å². The molecule has 0 fully saturated rings. The number of rotatable bonds is 9. The fourth-order valence-corrected chi connectivity index (χ4v) is 8.29. The van der Waals surface area contributed by atoms with E-state index in [0.29, 0.717) is 0 Å². The maximum atomic E-state index is 11.7. The summed E-state index contributed by atoms with van der Waals surface area (Å²) in [4.78, 5) is 11.7. The number of fused-ring (bicyclic) bond motifs is 6. The van der Waals surface area contributed by atoms with Crippen LogP contribution in [0.1, 0.15) is 58.9 Å². The van der Waals surface area contributed by atoms with Crippen molar-refractivity contribution in [3.05, 3.63) is 134 Å². The Kier molecular flexibility index (Phi) is 12.5. The molecule has 0 aliphatic heterocycles. The molecule has 5 aromatic carbocycles. The molecule has 0 saturated heterocycles. The first kappa shape index (κ1) is 38.0. The Hall–Kier alpha value is -4.28. The number of hydrogen-bond donors (Lipinski definition) is 1. The minimum atomic E-state index is 0. The van der Waals surface area contributed by atoms with E-state index in [4.69, 9.17) is 0 Å². The second-order valence-corrected chi connectivity index (χ2v) is 14.1. The standard InChI is InChI=1S/C33H22NS.C13H24O2.Ir/c1-21-18-27-25-14-8-9-15-31(25)35-33(27)28(19-21)30-20-26(22-10-4-3-5-11-22)32-24-13-7-6-12-23(24)16-17-29(32)34(30)2;1-5-10(6-2)12(14)9-13(15)11(7-3)8-4;/h3-18,20H,2H2,1H3;9-11,14H,5-8H2,1-4H3;/q-1;;/b;12-9-;. The molecule has 0 bridgehead atoms. The maximum absolute atomic E-state index is 11.7. The van der Waals surface area contributed by atoms with E-state index in [1.165, 1.54) is 53.5 Å². The van der Waals surface area contributed by atoms with Crippen LogP contribution in [0.15, 0.2) is 115 Å². The molecular formula is C46H46IrNO2S-. The number of pyridine rings is 1. The number of benzene rings is 5. The molecule has 1 N–H and O–H groups in total. The third kappa shape index (κ3) is 7.67. The summed E-state index contributed by atoms with van der Waals surface area (Å²) in [6, 6.07) is 40.6. The Morgan fingerprint density at radius 3 is 2.12 bits per heavy atom. The van der Waals surface area contributed by atoms with Gasteiger partial charge in [-0.25, -0.2) is 0 Å². The van der Waals surface area contributed by atoms with Gasteiger partial charge in [0, 0.05) is 55.2 Å². The zero-order valence-electron chi connectivity index (χ0n) is 30.1. The zero-order chi connectivity index (χ0) is 35.4. The number of thiophene rings is 1. The van der Waals surface area contributed by atoms with Crippen LogP contribution in [-0.2, 0) is 24.9 Å². The van der Waals surface area contributed by atoms with Gasteiger partial charge < -0.3 is 9.67 Å². The maximum Gasteiger partial charge on any atom is 0.162 e. The normalized spacial score (nSPS) is 11.7. The second-order valence-electron chi connectivity index (χ2n) is 13.1. The third-order valence-electron chi connectivity index (χ3n) is 10.0. The van der Waals surface area contributed by atoms with Crippen LogP contribution < -0.4 is 4.57 Å². The van der Waals surface area contributed by atoms with Crippen molar-refractivity contribution in [2.45, 2.75) is 60.3 Å². The number of aromatic nitrogens is 1. The number of allylic oxidation sites excluding steroid dienone is 2. The molecule has 51 heavy (non-hydrogen) atoms. The Balaban J connectivity index is 0.000000271. The first-order valence-electron chi connectivity index (χ1n) is 17.8. The van der Waals surface area contributed by atoms with Crippen molar-refractivity contribution in [3.8, 4) is 22.4 Å². The largest absolute Gasteiger partial charge is 0.512 e. The molecule has 0 amide bonds. The van der Waals surface area contributed by atoms with Gasteiger partial charge in [-0.15, -0.1) is 17.7 Å². The van der Waals surface area contributed by atoms with Gasteiger partial charge in [0.15, 0.2) is 5.78 Å². The summed E-state index contributed by atoms with van der Waals surface area (Å²) in [7, 11) is 4.56. The summed E-state index contributed by atoms with van der Waals surface area (Å²) in [6.07, 6.45) is 4.91. The van der Waals surface area contributed by atoms with E-state index in [9.17, 15) is 9.90 Å². The van der Waals surface area contributed by atoms with E-state index in [1.54, 1.807) is 0 Å². The van der Waals surface area contributed by atoms with Gasteiger partial charge in [0.05, 0.1) is 5.76 Å². The van der Waals surface area contributed by atoms with Crippen molar-refractivity contribution < 1.29 is 34.6 Å². The molecular weight excluding hydrogens is 823 g/mol. The average Bonchev–Trinajstić information content (AvgIpc) is 3.51. The van der Waals surface area contributed by atoms with Crippen LogP contribution in [0.3, 0.4) is 0 Å². The fourth-order valence-electron chi connectivity index (χ4n) is 7.10. The van der Waals surface area contributed by atoms with Crippen molar-refractivity contribution >= 4 is 59.0 Å². The van der Waals surface area contributed by atoms with Gasteiger partial charge in [-0.1, -0.05) is 124 Å². The van der Waals surface area contributed by atoms with Crippen molar-refractivity contribution in [2.75, 3.05) is 0 Å². The minimum Gasteiger partial charge on any atom is -0.512 e. The van der Waals surface area contributed by atoms with Crippen molar-refractivity contribution in [1.29, 1.82) is 0 Å². The van der Waals surface area contributed by atoms with Gasteiger partial charge >= 0.3 is 0 Å². The fraction of sp³-hybridized carbons (Fsp3) is 0.239. The Morgan fingerprint density at radius 1 is 0.804 bits per heavy atom. The predicted octanol–water partition coefficient (Wildman–Crippen LogP) is 12.6. The predicted molar refractivity (Wildman–Crippen MR) is 214 cm³/mol. The monoisotopic (exact) mass is 869 g/mol. The summed E-state index contributed by atoms with van der Waals surface area (Å²) < 4.78 is 4.66. The molecule has 3 nitrogen and oxygen atoms in total. The van der Waals surface area contributed by atoms with Crippen LogP contribution in [0.2, 0.25) is 0 Å². The number of ketones is 1. The van der Waals surface area contributed by atoms with Gasteiger partial charge in [-0.05, 0) is 75.9 Å². The first-order valence-corrected chi connectivity index (χ1v) is 18.7. The number of nitrogens with zero attached hydrogens (tertiary/aromatic N) is 1. The van der Waals surface area contributed by atoms with E-state index in [0.717, 1.165) is 48.0 Å². The molecule has 7 aromatic rings. The third-order valence-corrected chi connectivity index (χ3v) is 11.2. The number of aliphatic hydroxyl groups excluding tert-OH is 1. The van der Waals surface area contributed by atoms with Gasteiger partial charge in [-0.3, -0.25) is 4.79 Å². The average molecular weight is 869 g/mol. The van der Waals surface area contributed by atoms with Crippen molar-refractivity contribution in [1.82, 2.24) is 0 Å². The molecule has 0 atom stereocenters. The van der Waals surface area contributed by atoms with Crippen LogP contribution in [0, 0.1) is 31.9 Å². The molecule has 0 aliphatic rings. The van der Waals surface area contributed by atoms with Crippen LogP contribution >= 0.6 is 11.3 Å².